The Hall–Kier alpha value is -2.04. The molecule has 5 heteroatoms. The fourth-order valence-corrected chi connectivity index (χ4v) is 3.78. The first-order valence-electron chi connectivity index (χ1n) is 9.75. The van der Waals surface area contributed by atoms with Gasteiger partial charge < -0.3 is 14.4 Å². The van der Waals surface area contributed by atoms with Crippen LogP contribution in [0.4, 0.5) is 0 Å². The second-order valence-electron chi connectivity index (χ2n) is 7.60. The molecule has 1 aromatic rings. The number of ketones is 1. The molecule has 5 nitrogen and oxygen atoms in total. The van der Waals surface area contributed by atoms with E-state index in [9.17, 15) is 9.59 Å². The second-order valence-corrected chi connectivity index (χ2v) is 7.60. The Bertz CT molecular complexity index is 655. The summed E-state index contributed by atoms with van der Waals surface area (Å²) in [6, 6.07) is 5.24. The molecule has 0 aliphatic carbocycles. The number of nitrogens with zero attached hydrogens (tertiary/aromatic N) is 1. The quantitative estimate of drug-likeness (QED) is 0.752. The lowest BCUT2D eigenvalue weighted by atomic mass is 9.89. The van der Waals surface area contributed by atoms with Gasteiger partial charge in [0.2, 0.25) is 5.91 Å². The van der Waals surface area contributed by atoms with Crippen molar-refractivity contribution in [1.29, 1.82) is 0 Å². The van der Waals surface area contributed by atoms with Crippen molar-refractivity contribution < 1.29 is 19.1 Å². The van der Waals surface area contributed by atoms with Crippen LogP contribution in [-0.2, 0) is 4.79 Å². The normalized spacial score (nSPS) is 20.0. The van der Waals surface area contributed by atoms with Crippen molar-refractivity contribution in [2.45, 2.75) is 46.0 Å². The molecular formula is C21H29NO4. The molecule has 26 heavy (non-hydrogen) atoms. The van der Waals surface area contributed by atoms with Crippen molar-refractivity contribution in [3.8, 4) is 11.5 Å². The molecule has 0 spiro atoms. The lowest BCUT2D eigenvalue weighted by molar-refractivity contribution is -0.131. The Morgan fingerprint density at radius 3 is 2.62 bits per heavy atom. The molecule has 2 aliphatic rings. The molecule has 0 aromatic heterocycles. The summed E-state index contributed by atoms with van der Waals surface area (Å²) < 4.78 is 11.0. The van der Waals surface area contributed by atoms with E-state index in [0.717, 1.165) is 25.9 Å². The summed E-state index contributed by atoms with van der Waals surface area (Å²) in [5.41, 5.74) is 0.581. The monoisotopic (exact) mass is 359 g/mol. The first-order chi connectivity index (χ1) is 12.5. The van der Waals surface area contributed by atoms with Crippen molar-refractivity contribution in [3.63, 3.8) is 0 Å². The highest BCUT2D eigenvalue weighted by atomic mass is 16.6. The van der Waals surface area contributed by atoms with E-state index in [1.54, 1.807) is 18.2 Å². The molecule has 1 saturated heterocycles. The number of fused-ring (bicyclic) bond motifs is 1. The number of hydrogen-bond acceptors (Lipinski definition) is 4. The van der Waals surface area contributed by atoms with Crippen LogP contribution >= 0.6 is 0 Å². The van der Waals surface area contributed by atoms with Gasteiger partial charge in [0.15, 0.2) is 17.3 Å². The van der Waals surface area contributed by atoms with Crippen molar-refractivity contribution in [2.75, 3.05) is 26.3 Å². The first kappa shape index (κ1) is 18.7. The van der Waals surface area contributed by atoms with E-state index in [1.165, 1.54) is 6.42 Å². The van der Waals surface area contributed by atoms with Crippen LogP contribution in [0, 0.1) is 11.8 Å². The summed E-state index contributed by atoms with van der Waals surface area (Å²) in [6.45, 7) is 7.18. The molecule has 2 aliphatic heterocycles. The number of Topliss-reactive ketones (excluding diaryl/α,β-unsaturated/α-hetero) is 1. The fraction of sp³-hybridized carbons (Fsp3) is 0.619. The van der Waals surface area contributed by atoms with Crippen LogP contribution in [0.5, 0.6) is 11.5 Å². The number of hydrogen-bond donors (Lipinski definition) is 0. The van der Waals surface area contributed by atoms with Gasteiger partial charge >= 0.3 is 0 Å². The molecule has 142 valence electrons. The summed E-state index contributed by atoms with van der Waals surface area (Å²) in [5, 5.41) is 0. The first-order valence-corrected chi connectivity index (χ1v) is 9.75. The van der Waals surface area contributed by atoms with E-state index in [4.69, 9.17) is 9.47 Å². The highest BCUT2D eigenvalue weighted by Gasteiger charge is 2.23. The van der Waals surface area contributed by atoms with Gasteiger partial charge in [-0.1, -0.05) is 13.8 Å². The maximum atomic E-state index is 12.5. The topological polar surface area (TPSA) is 55.8 Å². The molecule has 1 aromatic carbocycles. The molecule has 0 saturated carbocycles. The average molecular weight is 359 g/mol. The third kappa shape index (κ3) is 4.57. The van der Waals surface area contributed by atoms with Gasteiger partial charge in [-0.3, -0.25) is 9.59 Å². The summed E-state index contributed by atoms with van der Waals surface area (Å²) in [5.74, 6) is 2.73. The summed E-state index contributed by atoms with van der Waals surface area (Å²) >= 11 is 0. The van der Waals surface area contributed by atoms with Crippen molar-refractivity contribution >= 4 is 11.7 Å². The van der Waals surface area contributed by atoms with Gasteiger partial charge in [-0.05, 0) is 49.3 Å². The lowest BCUT2D eigenvalue weighted by Crippen LogP contribution is -2.32. The number of carbonyl (C=O) groups excluding carboxylic acids is 2. The predicted octanol–water partition coefficient (Wildman–Crippen LogP) is 3.71. The Kier molecular flexibility index (Phi) is 6.17. The molecule has 0 N–H and O–H groups in total. The Morgan fingerprint density at radius 1 is 1.08 bits per heavy atom. The smallest absolute Gasteiger partial charge is 0.223 e. The van der Waals surface area contributed by atoms with Gasteiger partial charge in [-0.15, -0.1) is 0 Å². The summed E-state index contributed by atoms with van der Waals surface area (Å²) in [4.78, 5) is 26.9. The van der Waals surface area contributed by atoms with E-state index in [1.807, 2.05) is 4.90 Å². The largest absolute Gasteiger partial charge is 0.486 e. The molecular weight excluding hydrogens is 330 g/mol. The van der Waals surface area contributed by atoms with Crippen molar-refractivity contribution in [2.24, 2.45) is 11.8 Å². The van der Waals surface area contributed by atoms with Gasteiger partial charge in [0.1, 0.15) is 13.2 Å². The summed E-state index contributed by atoms with van der Waals surface area (Å²) in [6.07, 6.45) is 3.84. The highest BCUT2D eigenvalue weighted by Crippen LogP contribution is 2.31. The van der Waals surface area contributed by atoms with Gasteiger partial charge in [0.05, 0.1) is 0 Å². The van der Waals surface area contributed by atoms with Gasteiger partial charge in [0, 0.05) is 31.5 Å². The minimum absolute atomic E-state index is 0.0230. The van der Waals surface area contributed by atoms with Crippen LogP contribution in [0.1, 0.15) is 56.3 Å². The maximum absolute atomic E-state index is 12.5. The lowest BCUT2D eigenvalue weighted by Gasteiger charge is -2.21. The van der Waals surface area contributed by atoms with Crippen molar-refractivity contribution in [1.82, 2.24) is 4.90 Å². The summed E-state index contributed by atoms with van der Waals surface area (Å²) in [7, 11) is 0. The van der Waals surface area contributed by atoms with E-state index in [-0.39, 0.29) is 24.5 Å². The highest BCUT2D eigenvalue weighted by molar-refractivity contribution is 5.98. The molecule has 0 bridgehead atoms. The fourth-order valence-electron chi connectivity index (χ4n) is 3.78. The van der Waals surface area contributed by atoms with Crippen LogP contribution in [0.2, 0.25) is 0 Å². The van der Waals surface area contributed by atoms with Crippen LogP contribution in [0.25, 0.3) is 0 Å². The second kappa shape index (κ2) is 8.56. The zero-order valence-corrected chi connectivity index (χ0v) is 15.8. The molecule has 2 heterocycles. The Morgan fingerprint density at radius 2 is 1.85 bits per heavy atom. The molecule has 0 radical (unpaired) electrons. The number of ether oxygens (including phenoxy) is 2. The Labute approximate surface area is 155 Å². The molecule has 1 atom stereocenters. The number of amides is 1. The van der Waals surface area contributed by atoms with E-state index < -0.39 is 0 Å². The molecule has 1 fully saturated rings. The minimum atomic E-state index is -0.0230. The molecule has 1 unspecified atom stereocenters. The predicted molar refractivity (Wildman–Crippen MR) is 99.8 cm³/mol. The standard InChI is InChI=1S/C21H29NO4/c1-15(2)16-4-3-10-22(11-9-16)21(24)8-6-18(23)17-5-7-19-20(14-17)26-13-12-25-19/h5,7,14-16H,3-4,6,8-13H2,1-2H3. The Balaban J connectivity index is 1.52. The number of rotatable bonds is 5. The van der Waals surface area contributed by atoms with Crippen LogP contribution in [0.3, 0.4) is 0 Å². The zero-order chi connectivity index (χ0) is 18.5. The zero-order valence-electron chi connectivity index (χ0n) is 15.8. The third-order valence-electron chi connectivity index (χ3n) is 5.50. The number of carbonyl (C=O) groups is 2. The number of likely N-dealkylation sites (tertiary alicyclic amines) is 1. The van der Waals surface area contributed by atoms with E-state index in [0.29, 0.717) is 42.1 Å². The van der Waals surface area contributed by atoms with E-state index >= 15 is 0 Å². The van der Waals surface area contributed by atoms with Gasteiger partial charge in [-0.2, -0.15) is 0 Å². The molecule has 1 amide bonds. The minimum Gasteiger partial charge on any atom is -0.486 e. The maximum Gasteiger partial charge on any atom is 0.223 e. The number of benzene rings is 1. The SMILES string of the molecule is CC(C)C1CCCN(C(=O)CCC(=O)c2ccc3c(c2)OCCO3)CC1. The van der Waals surface area contributed by atoms with Crippen LogP contribution in [-0.4, -0.2) is 42.9 Å². The van der Waals surface area contributed by atoms with Gasteiger partial charge in [0.25, 0.3) is 0 Å². The van der Waals surface area contributed by atoms with Crippen molar-refractivity contribution in [3.05, 3.63) is 23.8 Å². The van der Waals surface area contributed by atoms with Gasteiger partial charge in [-0.25, -0.2) is 0 Å². The van der Waals surface area contributed by atoms with Crippen LogP contribution < -0.4 is 9.47 Å². The van der Waals surface area contributed by atoms with E-state index in [2.05, 4.69) is 13.8 Å². The average Bonchev–Trinajstić information content (AvgIpc) is 2.92. The van der Waals surface area contributed by atoms with Crippen LogP contribution in [0.15, 0.2) is 18.2 Å². The molecule has 3 rings (SSSR count). The third-order valence-corrected chi connectivity index (χ3v) is 5.50.